The van der Waals surface area contributed by atoms with E-state index in [9.17, 15) is 32.7 Å². The second kappa shape index (κ2) is 42.0. The fourth-order valence-electron chi connectivity index (χ4n) is 9.32. The van der Waals surface area contributed by atoms with Crippen LogP contribution in [0.3, 0.4) is 0 Å². The third-order valence-corrected chi connectivity index (χ3v) is 18.4. The number of amides is 2. The summed E-state index contributed by atoms with van der Waals surface area (Å²) < 4.78 is 53.0. The van der Waals surface area contributed by atoms with E-state index in [0.717, 1.165) is 65.9 Å². The van der Waals surface area contributed by atoms with E-state index >= 15 is 0 Å². The predicted molar refractivity (Wildman–Crippen MR) is 404 cm³/mol. The minimum absolute atomic E-state index is 0. The van der Waals surface area contributed by atoms with E-state index in [0.29, 0.717) is 51.9 Å². The van der Waals surface area contributed by atoms with Crippen molar-refractivity contribution in [2.45, 2.75) is 57.3 Å². The van der Waals surface area contributed by atoms with Gasteiger partial charge in [0, 0.05) is 42.9 Å². The van der Waals surface area contributed by atoms with Crippen molar-refractivity contribution in [3.05, 3.63) is 360 Å². The number of carbonyl (C=O) groups excluding carboxylic acids is 3. The molecule has 0 bridgehead atoms. The molecule has 2 amide bonds. The number of carboxylic acids is 1. The lowest BCUT2D eigenvalue weighted by atomic mass is 10.1. The molecule has 13 rings (SSSR count). The Morgan fingerprint density at radius 2 is 0.728 bits per heavy atom. The predicted octanol–water partition coefficient (Wildman–Crippen LogP) is 19.3. The molecule has 17 nitrogen and oxygen atoms in total. The minimum atomic E-state index is -3.68. The van der Waals surface area contributed by atoms with E-state index in [-0.39, 0.29) is 27.7 Å². The quantitative estimate of drug-likeness (QED) is 0.0136. The number of carboxylic acid groups (broad SMARTS) is 1. The third kappa shape index (κ3) is 25.6. The standard InChI is InChI=1S/C20H17NO5S.C20H17NO3S.C20H16O3S.C12H10OS.C8H6O2.C2H6.H2O/c22-20(21-23)19-9-5-4-6-15(19)14-27(24,25)18-12-10-17(11-13-18)26-16-7-2-1-3-8-16;22-20(21-23)19-9-5-4-6-15(19)14-25-18-12-10-17(11-13-18)24-16-7-2-1-3-8-16;21-20(22)19-9-5-4-6-15(19)14-24-18-12-10-17(11-13-18)23-16-7-2-1-3-8-16;14-12-8-6-11(7-9-12)13-10-4-2-1-3-5-10;9-8-7-4-2-1-3-6(7)5-10-8;1-2;/h1-13,23H,14H2,(H,21,22);1-13,23H,14H2,(H,21,22);1-13H,14H2,(H,21,22);1-9,14H;1-4H,5H2;1-2H3;1H2. The van der Waals surface area contributed by atoms with Gasteiger partial charge >= 0.3 is 11.9 Å². The fourth-order valence-corrected chi connectivity index (χ4v) is 12.7. The van der Waals surface area contributed by atoms with Gasteiger partial charge in [-0.05, 0) is 187 Å². The Balaban J connectivity index is 0.000000184. The summed E-state index contributed by atoms with van der Waals surface area (Å²) in [6.45, 7) is 4.44. The Morgan fingerprint density at radius 1 is 0.417 bits per heavy atom. The topological polar surface area (TPSA) is 265 Å². The molecule has 0 spiro atoms. The molecule has 103 heavy (non-hydrogen) atoms. The highest BCUT2D eigenvalue weighted by Crippen LogP contribution is 2.32. The van der Waals surface area contributed by atoms with Crippen molar-refractivity contribution in [3.63, 3.8) is 0 Å². The molecule has 1 heterocycles. The van der Waals surface area contributed by atoms with Crippen LogP contribution in [0.5, 0.6) is 46.0 Å². The number of aromatic carboxylic acids is 1. The molecule has 0 fully saturated rings. The monoisotopic (exact) mass is 1450 g/mol. The van der Waals surface area contributed by atoms with E-state index in [1.54, 1.807) is 95.7 Å². The van der Waals surface area contributed by atoms with Gasteiger partial charge in [0.15, 0.2) is 9.84 Å². The number of hydroxylamine groups is 2. The van der Waals surface area contributed by atoms with Gasteiger partial charge in [0.05, 0.1) is 21.8 Å². The second-order valence-electron chi connectivity index (χ2n) is 21.3. The molecule has 1 aliphatic rings. The number of ether oxygens (including phenoxy) is 5. The highest BCUT2D eigenvalue weighted by atomic mass is 32.2. The van der Waals surface area contributed by atoms with E-state index < -0.39 is 27.6 Å². The van der Waals surface area contributed by atoms with Crippen LogP contribution in [0, 0.1) is 0 Å². The number of thiol groups is 1. The molecule has 0 saturated carbocycles. The van der Waals surface area contributed by atoms with Gasteiger partial charge in [0.2, 0.25) is 0 Å². The van der Waals surface area contributed by atoms with Crippen LogP contribution < -0.4 is 29.9 Å². The number of para-hydroxylation sites is 4. The van der Waals surface area contributed by atoms with E-state index in [4.69, 9.17) is 34.1 Å². The van der Waals surface area contributed by atoms with Crippen molar-refractivity contribution in [1.82, 2.24) is 11.0 Å². The number of fused-ring (bicyclic) bond motifs is 1. The maximum atomic E-state index is 12.7. The van der Waals surface area contributed by atoms with Crippen molar-refractivity contribution < 1.29 is 72.3 Å². The molecule has 1 aliphatic heterocycles. The Bertz CT molecular complexity index is 4700. The molecule has 0 aliphatic carbocycles. The first-order chi connectivity index (χ1) is 49.7. The van der Waals surface area contributed by atoms with E-state index in [1.165, 1.54) is 29.7 Å². The summed E-state index contributed by atoms with van der Waals surface area (Å²) in [6, 6.07) is 95.3. The van der Waals surface area contributed by atoms with Gasteiger partial charge in [0.1, 0.15) is 52.6 Å². The first kappa shape index (κ1) is 78.9. The molecule has 21 heteroatoms. The molecule has 12 aromatic carbocycles. The number of esters is 1. The van der Waals surface area contributed by atoms with Crippen LogP contribution in [0.25, 0.3) is 0 Å². The van der Waals surface area contributed by atoms with Gasteiger partial charge in [-0.15, -0.1) is 36.2 Å². The van der Waals surface area contributed by atoms with Crippen LogP contribution in [0.15, 0.2) is 335 Å². The van der Waals surface area contributed by atoms with Crippen molar-refractivity contribution >= 4 is 69.7 Å². The van der Waals surface area contributed by atoms with E-state index in [2.05, 4.69) is 12.6 Å². The summed E-state index contributed by atoms with van der Waals surface area (Å²) in [5, 5.41) is 26.9. The van der Waals surface area contributed by atoms with Crippen LogP contribution in [0.1, 0.15) is 77.5 Å². The average molecular weight is 1460 g/mol. The SMILES string of the molecule is CC.O.O=C(NO)c1ccccc1CS(=O)(=O)c1ccc(Oc2ccccc2)cc1.O=C(NO)c1ccccc1CSc1ccc(Oc2ccccc2)cc1.O=C(O)c1ccccc1CSc1ccc(Oc2ccccc2)cc1.O=C1OCc2ccccc21.Sc1ccc(Oc2ccccc2)cc1. The molecule has 0 saturated heterocycles. The van der Waals surface area contributed by atoms with Crippen molar-refractivity contribution in [1.29, 1.82) is 0 Å². The molecule has 0 atom stereocenters. The fraction of sp³-hybridized carbons (Fsp3) is 0.0732. The van der Waals surface area contributed by atoms with Gasteiger partial charge in [-0.25, -0.2) is 29.0 Å². The Morgan fingerprint density at radius 3 is 1.12 bits per heavy atom. The lowest BCUT2D eigenvalue weighted by Crippen LogP contribution is -2.21. The largest absolute Gasteiger partial charge is 0.478 e. The van der Waals surface area contributed by atoms with Gasteiger partial charge in [-0.1, -0.05) is 159 Å². The number of cyclic esters (lactones) is 1. The van der Waals surface area contributed by atoms with Crippen molar-refractivity contribution in [2.75, 3.05) is 0 Å². The van der Waals surface area contributed by atoms with Crippen LogP contribution in [0.2, 0.25) is 0 Å². The normalized spacial score (nSPS) is 10.6. The zero-order valence-corrected chi connectivity index (χ0v) is 59.2. The highest BCUT2D eigenvalue weighted by Gasteiger charge is 2.21. The molecular weight excluding hydrogens is 1380 g/mol. The van der Waals surface area contributed by atoms with Crippen LogP contribution in [-0.4, -0.2) is 53.2 Å². The van der Waals surface area contributed by atoms with Crippen LogP contribution >= 0.6 is 36.2 Å². The summed E-state index contributed by atoms with van der Waals surface area (Å²) >= 11 is 7.42. The number of hydrogen-bond donors (Lipinski definition) is 6. The minimum Gasteiger partial charge on any atom is -0.478 e. The number of benzene rings is 12. The molecule has 0 unspecified atom stereocenters. The Hall–Kier alpha value is -11.4. The number of sulfone groups is 1. The van der Waals surface area contributed by atoms with Crippen molar-refractivity contribution in [2.24, 2.45) is 0 Å². The zero-order chi connectivity index (χ0) is 72.3. The average Bonchev–Trinajstić information content (AvgIpc) is 0.991. The second-order valence-corrected chi connectivity index (χ2v) is 25.9. The van der Waals surface area contributed by atoms with E-state index in [1.807, 2.05) is 238 Å². The molecule has 526 valence electrons. The molecule has 12 aromatic rings. The number of nitrogens with one attached hydrogen (secondary N) is 2. The first-order valence-electron chi connectivity index (χ1n) is 31.8. The summed E-state index contributed by atoms with van der Waals surface area (Å²) in [6.07, 6.45) is 0. The summed E-state index contributed by atoms with van der Waals surface area (Å²) in [5.41, 5.74) is 7.83. The third-order valence-electron chi connectivity index (χ3n) is 14.3. The number of carbonyl (C=O) groups is 4. The van der Waals surface area contributed by atoms with Gasteiger partial charge in [-0.3, -0.25) is 20.0 Å². The molecular formula is C82H74N2O15S4. The van der Waals surface area contributed by atoms with Gasteiger partial charge in [-0.2, -0.15) is 0 Å². The number of hydrogen-bond acceptors (Lipinski definition) is 16. The first-order valence-corrected chi connectivity index (χ1v) is 35.9. The molecule has 0 radical (unpaired) electrons. The van der Waals surface area contributed by atoms with Crippen molar-refractivity contribution in [3.8, 4) is 46.0 Å². The smallest absolute Gasteiger partial charge is 0.338 e. The number of rotatable bonds is 20. The maximum Gasteiger partial charge on any atom is 0.338 e. The summed E-state index contributed by atoms with van der Waals surface area (Å²) in [4.78, 5) is 48.6. The lowest BCUT2D eigenvalue weighted by Gasteiger charge is -2.10. The molecule has 7 N–H and O–H groups in total. The maximum absolute atomic E-state index is 12.7. The van der Waals surface area contributed by atoms with Gasteiger partial charge < -0.3 is 34.3 Å². The Labute approximate surface area is 612 Å². The van der Waals surface area contributed by atoms with Crippen LogP contribution in [-0.2, 0) is 38.4 Å². The van der Waals surface area contributed by atoms with Gasteiger partial charge in [0.25, 0.3) is 11.8 Å². The van der Waals surface area contributed by atoms with Crippen LogP contribution in [0.4, 0.5) is 0 Å². The lowest BCUT2D eigenvalue weighted by molar-refractivity contribution is 0.0534. The Kier molecular flexibility index (Phi) is 32.2. The summed E-state index contributed by atoms with van der Waals surface area (Å²) in [7, 11) is -3.68. The molecule has 0 aromatic heterocycles. The number of thioether (sulfide) groups is 2. The highest BCUT2D eigenvalue weighted by molar-refractivity contribution is 7.98. The summed E-state index contributed by atoms with van der Waals surface area (Å²) in [5.74, 6) is 4.51. The zero-order valence-electron chi connectivity index (χ0n) is 55.9.